The summed E-state index contributed by atoms with van der Waals surface area (Å²) in [6.45, 7) is 0. The zero-order valence-corrected chi connectivity index (χ0v) is 16.5. The van der Waals surface area contributed by atoms with Crippen LogP contribution in [0.4, 0.5) is 0 Å². The van der Waals surface area contributed by atoms with Crippen LogP contribution >= 0.6 is 0 Å². The van der Waals surface area contributed by atoms with Crippen molar-refractivity contribution in [2.45, 2.75) is 128 Å². The molecule has 0 bridgehead atoms. The largest absolute Gasteiger partial charge is 0.481 e. The lowest BCUT2D eigenvalue weighted by atomic mass is 10.0. The lowest BCUT2D eigenvalue weighted by Gasteiger charge is -2.03. The van der Waals surface area contributed by atoms with Crippen molar-refractivity contribution in [1.29, 1.82) is 0 Å². The van der Waals surface area contributed by atoms with Crippen LogP contribution in [0, 0.1) is 0 Å². The van der Waals surface area contributed by atoms with Gasteiger partial charge in [0.1, 0.15) is 6.29 Å². The number of carboxylic acids is 1. The molecular weight excluding hydrogens is 312 g/mol. The molecule has 0 aliphatic heterocycles. The Labute approximate surface area is 156 Å². The Kier molecular flexibility index (Phi) is 20.5. The minimum Gasteiger partial charge on any atom is -0.481 e. The predicted molar refractivity (Wildman–Crippen MR) is 106 cm³/mol. The molecule has 148 valence electrons. The summed E-state index contributed by atoms with van der Waals surface area (Å²) < 4.78 is 0. The topological polar surface area (TPSA) is 54.4 Å². The molecule has 0 aliphatic carbocycles. The highest BCUT2D eigenvalue weighted by Crippen LogP contribution is 2.14. The van der Waals surface area contributed by atoms with E-state index in [9.17, 15) is 9.59 Å². The molecule has 0 atom stereocenters. The number of hydrogen-bond acceptors (Lipinski definition) is 2. The second kappa shape index (κ2) is 21.2. The van der Waals surface area contributed by atoms with E-state index < -0.39 is 5.97 Å². The summed E-state index contributed by atoms with van der Waals surface area (Å²) in [6, 6.07) is 0. The van der Waals surface area contributed by atoms with E-state index in [-0.39, 0.29) is 0 Å². The van der Waals surface area contributed by atoms with E-state index >= 15 is 0 Å². The molecule has 0 heterocycles. The summed E-state index contributed by atoms with van der Waals surface area (Å²) in [5, 5.41) is 8.56. The molecule has 0 aromatic heterocycles. The van der Waals surface area contributed by atoms with Crippen LogP contribution in [0.1, 0.15) is 128 Å². The molecule has 1 N–H and O–H groups in total. The van der Waals surface area contributed by atoms with Crippen LogP contribution in [-0.2, 0) is 9.59 Å². The molecule has 25 heavy (non-hydrogen) atoms. The van der Waals surface area contributed by atoms with Gasteiger partial charge in [-0.2, -0.15) is 0 Å². The van der Waals surface area contributed by atoms with Gasteiger partial charge < -0.3 is 9.90 Å². The SMILES string of the molecule is O=CCCCCCCCCCCCCCCCCCCCCC(=O)O. The first-order chi connectivity index (χ1) is 12.3. The smallest absolute Gasteiger partial charge is 0.303 e. The normalized spacial score (nSPS) is 10.9. The first-order valence-electron chi connectivity index (χ1n) is 10.9. The van der Waals surface area contributed by atoms with Gasteiger partial charge in [-0.3, -0.25) is 4.79 Å². The Balaban J connectivity index is 2.98. The van der Waals surface area contributed by atoms with Crippen molar-refractivity contribution in [2.75, 3.05) is 0 Å². The van der Waals surface area contributed by atoms with E-state index in [0.717, 1.165) is 32.0 Å². The van der Waals surface area contributed by atoms with Gasteiger partial charge in [0.05, 0.1) is 0 Å². The molecule has 0 spiro atoms. The van der Waals surface area contributed by atoms with Crippen LogP contribution < -0.4 is 0 Å². The zero-order valence-electron chi connectivity index (χ0n) is 16.5. The Morgan fingerprint density at radius 1 is 0.520 bits per heavy atom. The fourth-order valence-electron chi connectivity index (χ4n) is 3.33. The molecule has 3 nitrogen and oxygen atoms in total. The van der Waals surface area contributed by atoms with Crippen molar-refractivity contribution in [3.05, 3.63) is 0 Å². The molecule has 0 aromatic rings. The quantitative estimate of drug-likeness (QED) is 0.177. The first-order valence-corrected chi connectivity index (χ1v) is 10.9. The molecule has 0 amide bonds. The third-order valence-electron chi connectivity index (χ3n) is 4.96. The van der Waals surface area contributed by atoms with Crippen molar-refractivity contribution in [3.63, 3.8) is 0 Å². The van der Waals surface area contributed by atoms with Crippen LogP contribution in [-0.4, -0.2) is 17.4 Å². The van der Waals surface area contributed by atoms with Gasteiger partial charge in [0.25, 0.3) is 0 Å². The van der Waals surface area contributed by atoms with Gasteiger partial charge in [0, 0.05) is 12.8 Å². The van der Waals surface area contributed by atoms with E-state index in [1.807, 2.05) is 0 Å². The Morgan fingerprint density at radius 3 is 1.08 bits per heavy atom. The van der Waals surface area contributed by atoms with E-state index in [1.165, 1.54) is 96.3 Å². The number of rotatable bonds is 21. The molecule has 0 saturated carbocycles. The molecule has 0 fully saturated rings. The number of aliphatic carboxylic acids is 1. The van der Waals surface area contributed by atoms with Crippen LogP contribution in [0.25, 0.3) is 0 Å². The number of carbonyl (C=O) groups excluding carboxylic acids is 1. The maximum Gasteiger partial charge on any atom is 0.303 e. The molecule has 0 aromatic carbocycles. The summed E-state index contributed by atoms with van der Waals surface area (Å²) in [5.41, 5.74) is 0. The van der Waals surface area contributed by atoms with E-state index in [0.29, 0.717) is 6.42 Å². The molecular formula is C22H42O3. The minimum absolute atomic E-state index is 0.335. The monoisotopic (exact) mass is 354 g/mol. The lowest BCUT2D eigenvalue weighted by Crippen LogP contribution is -1.93. The van der Waals surface area contributed by atoms with Gasteiger partial charge >= 0.3 is 5.97 Å². The van der Waals surface area contributed by atoms with Gasteiger partial charge in [0.15, 0.2) is 0 Å². The average molecular weight is 355 g/mol. The Morgan fingerprint density at radius 2 is 0.800 bits per heavy atom. The molecule has 3 heteroatoms. The Bertz CT molecular complexity index is 289. The standard InChI is InChI=1S/C22H42O3/c23-21-19-17-15-13-11-9-7-5-3-1-2-4-6-8-10-12-14-16-18-20-22(24)25/h21H,1-20H2,(H,24,25). The molecule has 0 saturated heterocycles. The van der Waals surface area contributed by atoms with Crippen molar-refractivity contribution in [1.82, 2.24) is 0 Å². The maximum absolute atomic E-state index is 10.4. The molecule has 0 radical (unpaired) electrons. The average Bonchev–Trinajstić information content (AvgIpc) is 2.60. The number of carboxylic acid groups (broad SMARTS) is 1. The van der Waals surface area contributed by atoms with Gasteiger partial charge in [-0.05, 0) is 12.8 Å². The van der Waals surface area contributed by atoms with Crippen LogP contribution in [0.5, 0.6) is 0 Å². The fourth-order valence-corrected chi connectivity index (χ4v) is 3.33. The minimum atomic E-state index is -0.661. The number of unbranched alkanes of at least 4 members (excludes halogenated alkanes) is 18. The summed E-state index contributed by atoms with van der Waals surface area (Å²) in [4.78, 5) is 20.6. The summed E-state index contributed by atoms with van der Waals surface area (Å²) >= 11 is 0. The van der Waals surface area contributed by atoms with Crippen LogP contribution in [0.15, 0.2) is 0 Å². The van der Waals surface area contributed by atoms with Gasteiger partial charge in [-0.25, -0.2) is 0 Å². The predicted octanol–water partition coefficient (Wildman–Crippen LogP) is 7.07. The first kappa shape index (κ1) is 24.1. The lowest BCUT2D eigenvalue weighted by molar-refractivity contribution is -0.137. The van der Waals surface area contributed by atoms with Crippen molar-refractivity contribution >= 4 is 12.3 Å². The van der Waals surface area contributed by atoms with Crippen molar-refractivity contribution < 1.29 is 14.7 Å². The van der Waals surface area contributed by atoms with Crippen molar-refractivity contribution in [2.24, 2.45) is 0 Å². The van der Waals surface area contributed by atoms with E-state index in [2.05, 4.69) is 0 Å². The van der Waals surface area contributed by atoms with Gasteiger partial charge in [0.2, 0.25) is 0 Å². The highest BCUT2D eigenvalue weighted by molar-refractivity contribution is 5.66. The molecule has 0 unspecified atom stereocenters. The Hall–Kier alpha value is -0.860. The second-order valence-electron chi connectivity index (χ2n) is 7.46. The van der Waals surface area contributed by atoms with Gasteiger partial charge in [-0.15, -0.1) is 0 Å². The van der Waals surface area contributed by atoms with Gasteiger partial charge in [-0.1, -0.05) is 103 Å². The maximum atomic E-state index is 10.4. The van der Waals surface area contributed by atoms with Crippen molar-refractivity contribution in [3.8, 4) is 0 Å². The summed E-state index contributed by atoms with van der Waals surface area (Å²) in [7, 11) is 0. The number of hydrogen-bond donors (Lipinski definition) is 1. The summed E-state index contributed by atoms with van der Waals surface area (Å²) in [5.74, 6) is -0.661. The number of aldehydes is 1. The summed E-state index contributed by atoms with van der Waals surface area (Å²) in [6.07, 6.45) is 25.2. The fraction of sp³-hybridized carbons (Fsp3) is 0.909. The second-order valence-corrected chi connectivity index (χ2v) is 7.46. The highest BCUT2D eigenvalue weighted by Gasteiger charge is 1.97. The molecule has 0 rings (SSSR count). The zero-order chi connectivity index (χ0) is 18.4. The van der Waals surface area contributed by atoms with E-state index in [1.54, 1.807) is 0 Å². The number of carbonyl (C=O) groups is 2. The van der Waals surface area contributed by atoms with E-state index in [4.69, 9.17) is 5.11 Å². The third-order valence-corrected chi connectivity index (χ3v) is 4.96. The highest BCUT2D eigenvalue weighted by atomic mass is 16.4. The molecule has 0 aliphatic rings. The van der Waals surface area contributed by atoms with Crippen LogP contribution in [0.3, 0.4) is 0 Å². The van der Waals surface area contributed by atoms with Crippen LogP contribution in [0.2, 0.25) is 0 Å². The third kappa shape index (κ3) is 23.1.